The maximum Gasteiger partial charge on any atom is 0.314 e. The lowest BCUT2D eigenvalue weighted by Gasteiger charge is -2.10. The van der Waals surface area contributed by atoms with Crippen molar-refractivity contribution in [1.82, 2.24) is 10.6 Å². The van der Waals surface area contributed by atoms with Crippen LogP contribution in [0.1, 0.15) is 5.56 Å². The highest BCUT2D eigenvalue weighted by Crippen LogP contribution is 2.24. The molecule has 0 aliphatic rings. The Labute approximate surface area is 143 Å². The van der Waals surface area contributed by atoms with Crippen LogP contribution in [0.4, 0.5) is 13.6 Å². The van der Waals surface area contributed by atoms with E-state index in [2.05, 4.69) is 10.6 Å². The first-order valence-corrected chi connectivity index (χ1v) is 7.77. The monoisotopic (exact) mass is 354 g/mol. The second kappa shape index (κ2) is 9.08. The lowest BCUT2D eigenvalue weighted by atomic mass is 10.1. The van der Waals surface area contributed by atoms with E-state index in [0.717, 1.165) is 6.07 Å². The van der Waals surface area contributed by atoms with E-state index in [0.29, 0.717) is 24.3 Å². The highest BCUT2D eigenvalue weighted by atomic mass is 35.5. The van der Waals surface area contributed by atoms with E-state index in [4.69, 9.17) is 16.3 Å². The minimum absolute atomic E-state index is 0.171. The second-order valence-corrected chi connectivity index (χ2v) is 5.35. The minimum atomic E-state index is -0.445. The summed E-state index contributed by atoms with van der Waals surface area (Å²) in [5, 5.41) is 5.40. The van der Waals surface area contributed by atoms with E-state index < -0.39 is 5.82 Å². The van der Waals surface area contributed by atoms with Crippen LogP contribution in [-0.4, -0.2) is 25.7 Å². The number of urea groups is 1. The van der Waals surface area contributed by atoms with Gasteiger partial charge in [0.1, 0.15) is 24.0 Å². The fourth-order valence-electron chi connectivity index (χ4n) is 1.99. The molecule has 0 saturated heterocycles. The Morgan fingerprint density at radius 2 is 1.83 bits per heavy atom. The van der Waals surface area contributed by atoms with Crippen molar-refractivity contribution >= 4 is 17.6 Å². The van der Waals surface area contributed by atoms with Crippen LogP contribution in [0.3, 0.4) is 0 Å². The second-order valence-electron chi connectivity index (χ2n) is 4.95. The molecule has 7 heteroatoms. The Bertz CT molecular complexity index is 698. The maximum atomic E-state index is 13.4. The quantitative estimate of drug-likeness (QED) is 0.747. The van der Waals surface area contributed by atoms with Crippen molar-refractivity contribution < 1.29 is 18.3 Å². The molecule has 0 heterocycles. The largest absolute Gasteiger partial charge is 0.490 e. The Kier molecular flexibility index (Phi) is 6.81. The third-order valence-electron chi connectivity index (χ3n) is 3.18. The topological polar surface area (TPSA) is 50.4 Å². The molecule has 0 fully saturated rings. The molecule has 0 aliphatic heterocycles. The van der Waals surface area contributed by atoms with Crippen molar-refractivity contribution in [2.75, 3.05) is 19.7 Å². The van der Waals surface area contributed by atoms with E-state index in [-0.39, 0.29) is 30.0 Å². The minimum Gasteiger partial charge on any atom is -0.490 e. The number of rotatable bonds is 7. The number of amides is 2. The summed E-state index contributed by atoms with van der Waals surface area (Å²) in [4.78, 5) is 11.6. The van der Waals surface area contributed by atoms with Crippen LogP contribution in [-0.2, 0) is 6.42 Å². The third kappa shape index (κ3) is 5.70. The highest BCUT2D eigenvalue weighted by molar-refractivity contribution is 6.32. The van der Waals surface area contributed by atoms with Crippen molar-refractivity contribution in [2.24, 2.45) is 0 Å². The summed E-state index contributed by atoms with van der Waals surface area (Å²) >= 11 is 5.82. The van der Waals surface area contributed by atoms with Crippen molar-refractivity contribution in [3.05, 3.63) is 64.7 Å². The summed E-state index contributed by atoms with van der Waals surface area (Å²) in [6, 6.07) is 9.86. The molecule has 0 aliphatic carbocycles. The first kappa shape index (κ1) is 18.0. The molecule has 2 N–H and O–H groups in total. The lowest BCUT2D eigenvalue weighted by Crippen LogP contribution is -2.38. The van der Waals surface area contributed by atoms with E-state index in [1.54, 1.807) is 18.2 Å². The van der Waals surface area contributed by atoms with Crippen LogP contribution in [0.25, 0.3) is 0 Å². The van der Waals surface area contributed by atoms with Crippen molar-refractivity contribution in [3.63, 3.8) is 0 Å². The van der Waals surface area contributed by atoms with E-state index in [1.165, 1.54) is 18.2 Å². The summed E-state index contributed by atoms with van der Waals surface area (Å²) < 4.78 is 31.6. The number of hydrogen-bond donors (Lipinski definition) is 2. The van der Waals surface area contributed by atoms with Crippen molar-refractivity contribution in [3.8, 4) is 5.75 Å². The standard InChI is InChI=1S/C17H17ClF2N2O2/c18-14-11-13(19)5-6-16(14)24-10-9-22-17(23)21-8-7-12-3-1-2-4-15(12)20/h1-6,11H,7-10H2,(H2,21,22,23). The average molecular weight is 355 g/mol. The summed E-state index contributed by atoms with van der Waals surface area (Å²) in [6.07, 6.45) is 0.405. The van der Waals surface area contributed by atoms with Crippen molar-refractivity contribution in [1.29, 1.82) is 0 Å². The highest BCUT2D eigenvalue weighted by Gasteiger charge is 2.05. The van der Waals surface area contributed by atoms with Crippen LogP contribution >= 0.6 is 11.6 Å². The molecule has 2 aromatic rings. The molecule has 128 valence electrons. The summed E-state index contributed by atoms with van der Waals surface area (Å²) in [5.74, 6) is -0.385. The molecule has 0 spiro atoms. The molecule has 0 aromatic heterocycles. The summed E-state index contributed by atoms with van der Waals surface area (Å²) in [7, 11) is 0. The SMILES string of the molecule is O=C(NCCOc1ccc(F)cc1Cl)NCCc1ccccc1F. The van der Waals surface area contributed by atoms with Crippen LogP contribution in [0, 0.1) is 11.6 Å². The van der Waals surface area contributed by atoms with Gasteiger partial charge in [-0.15, -0.1) is 0 Å². The normalized spacial score (nSPS) is 10.3. The average Bonchev–Trinajstić information content (AvgIpc) is 2.55. The van der Waals surface area contributed by atoms with Gasteiger partial charge in [-0.05, 0) is 36.2 Å². The molecule has 0 unspecified atom stereocenters. The Balaban J connectivity index is 1.62. The summed E-state index contributed by atoms with van der Waals surface area (Å²) in [5.41, 5.74) is 0.548. The van der Waals surface area contributed by atoms with Gasteiger partial charge >= 0.3 is 6.03 Å². The number of carbonyl (C=O) groups is 1. The van der Waals surface area contributed by atoms with Crippen molar-refractivity contribution in [2.45, 2.75) is 6.42 Å². The predicted octanol–water partition coefficient (Wildman–Crippen LogP) is 3.54. The van der Waals surface area contributed by atoms with Gasteiger partial charge in [0.25, 0.3) is 0 Å². The molecule has 4 nitrogen and oxygen atoms in total. The van der Waals surface area contributed by atoms with Gasteiger partial charge in [-0.25, -0.2) is 13.6 Å². The fourth-order valence-corrected chi connectivity index (χ4v) is 2.21. The molecule has 0 bridgehead atoms. The lowest BCUT2D eigenvalue weighted by molar-refractivity contribution is 0.236. The molecule has 24 heavy (non-hydrogen) atoms. The number of carbonyl (C=O) groups excluding carboxylic acids is 1. The molecule has 0 radical (unpaired) electrons. The number of halogens is 3. The molecule has 2 amide bonds. The molecule has 2 aromatic carbocycles. The Morgan fingerprint density at radius 1 is 1.08 bits per heavy atom. The number of ether oxygens (including phenoxy) is 1. The van der Waals surface area contributed by atoms with Crippen LogP contribution in [0.5, 0.6) is 5.75 Å². The molecule has 0 atom stereocenters. The number of benzene rings is 2. The number of hydrogen-bond acceptors (Lipinski definition) is 2. The van der Waals surface area contributed by atoms with Gasteiger partial charge in [0, 0.05) is 6.54 Å². The van der Waals surface area contributed by atoms with Crippen LogP contribution in [0.2, 0.25) is 5.02 Å². The van der Waals surface area contributed by atoms with Gasteiger partial charge in [-0.2, -0.15) is 0 Å². The smallest absolute Gasteiger partial charge is 0.314 e. The van der Waals surface area contributed by atoms with E-state index in [9.17, 15) is 13.6 Å². The number of nitrogens with one attached hydrogen (secondary N) is 2. The van der Waals surface area contributed by atoms with Crippen LogP contribution in [0.15, 0.2) is 42.5 Å². The van der Waals surface area contributed by atoms with Gasteiger partial charge in [-0.3, -0.25) is 0 Å². The molecular formula is C17H17ClF2N2O2. The Morgan fingerprint density at radius 3 is 2.58 bits per heavy atom. The molecule has 0 saturated carbocycles. The van der Waals surface area contributed by atoms with Gasteiger partial charge in [-0.1, -0.05) is 29.8 Å². The maximum absolute atomic E-state index is 13.4. The zero-order valence-corrected chi connectivity index (χ0v) is 13.6. The molecule has 2 rings (SSSR count). The summed E-state index contributed by atoms with van der Waals surface area (Å²) in [6.45, 7) is 0.753. The van der Waals surface area contributed by atoms with Crippen LogP contribution < -0.4 is 15.4 Å². The zero-order valence-electron chi connectivity index (χ0n) is 12.8. The van der Waals surface area contributed by atoms with Gasteiger partial charge in [0.15, 0.2) is 0 Å². The first-order chi connectivity index (χ1) is 11.6. The molecular weight excluding hydrogens is 338 g/mol. The fraction of sp³-hybridized carbons (Fsp3) is 0.235. The zero-order chi connectivity index (χ0) is 17.4. The van der Waals surface area contributed by atoms with E-state index in [1.807, 2.05) is 0 Å². The Hall–Kier alpha value is -2.34. The van der Waals surface area contributed by atoms with E-state index >= 15 is 0 Å². The van der Waals surface area contributed by atoms with Gasteiger partial charge in [0.2, 0.25) is 0 Å². The third-order valence-corrected chi connectivity index (χ3v) is 3.47. The first-order valence-electron chi connectivity index (χ1n) is 7.39. The predicted molar refractivity (Wildman–Crippen MR) is 88.4 cm³/mol. The van der Waals surface area contributed by atoms with Gasteiger partial charge < -0.3 is 15.4 Å². The van der Waals surface area contributed by atoms with Gasteiger partial charge in [0.05, 0.1) is 11.6 Å².